The van der Waals surface area contributed by atoms with Gasteiger partial charge < -0.3 is 5.73 Å². The lowest BCUT2D eigenvalue weighted by Gasteiger charge is -2.04. The highest BCUT2D eigenvalue weighted by atomic mass is 15.4. The Hall–Kier alpha value is -0.900. The molecule has 0 saturated carbocycles. The molecule has 0 bridgehead atoms. The van der Waals surface area contributed by atoms with Gasteiger partial charge >= 0.3 is 0 Å². The lowest BCUT2D eigenvalue weighted by Crippen LogP contribution is -2.10. The first-order valence-electron chi connectivity index (χ1n) is 6.43. The molecule has 0 fully saturated rings. The second-order valence-electron chi connectivity index (χ2n) is 4.36. The highest BCUT2D eigenvalue weighted by Gasteiger charge is 2.08. The quantitative estimate of drug-likeness (QED) is 0.691. The first-order chi connectivity index (χ1) is 7.77. The molecule has 4 nitrogen and oxygen atoms in total. The molecule has 0 aliphatic carbocycles. The molecule has 0 saturated heterocycles. The minimum absolute atomic E-state index is 0.0504. The zero-order valence-electron chi connectivity index (χ0n) is 10.5. The normalized spacial score (nSPS) is 12.9. The van der Waals surface area contributed by atoms with Crippen LogP contribution in [0.5, 0.6) is 0 Å². The fourth-order valence-electron chi connectivity index (χ4n) is 1.75. The molecule has 1 aromatic rings. The Bertz CT molecular complexity index is 282. The summed E-state index contributed by atoms with van der Waals surface area (Å²) in [6.07, 6.45) is 9.08. The summed E-state index contributed by atoms with van der Waals surface area (Å²) in [4.78, 5) is 0. The van der Waals surface area contributed by atoms with E-state index in [4.69, 9.17) is 5.73 Å². The standard InChI is InChI=1S/C12H24N4/c1-3-5-6-7-9-16-10-12(14-15-16)11(13)8-4-2/h10-11H,3-9,13H2,1-2H3. The number of rotatable bonds is 8. The molecule has 2 N–H and O–H groups in total. The molecule has 0 aliphatic heterocycles. The van der Waals surface area contributed by atoms with Crippen LogP contribution in [0, 0.1) is 0 Å². The van der Waals surface area contributed by atoms with Crippen molar-refractivity contribution in [2.75, 3.05) is 0 Å². The van der Waals surface area contributed by atoms with Crippen LogP contribution in [-0.4, -0.2) is 15.0 Å². The Balaban J connectivity index is 2.33. The van der Waals surface area contributed by atoms with Crippen molar-refractivity contribution < 1.29 is 0 Å². The van der Waals surface area contributed by atoms with Gasteiger partial charge in [0.1, 0.15) is 0 Å². The van der Waals surface area contributed by atoms with Crippen LogP contribution in [0.15, 0.2) is 6.20 Å². The Labute approximate surface area is 98.2 Å². The SMILES string of the molecule is CCCCCCn1cc(C(N)CCC)nn1. The molecule has 1 rings (SSSR count). The van der Waals surface area contributed by atoms with Crippen LogP contribution in [0.4, 0.5) is 0 Å². The molecule has 1 unspecified atom stereocenters. The molecule has 0 amide bonds. The number of unbranched alkanes of at least 4 members (excludes halogenated alkanes) is 3. The predicted molar refractivity (Wildman–Crippen MR) is 66.0 cm³/mol. The van der Waals surface area contributed by atoms with Gasteiger partial charge in [0.05, 0.1) is 17.9 Å². The fraction of sp³-hybridized carbons (Fsp3) is 0.833. The van der Waals surface area contributed by atoms with Crippen molar-refractivity contribution >= 4 is 0 Å². The third kappa shape index (κ3) is 4.31. The van der Waals surface area contributed by atoms with E-state index >= 15 is 0 Å². The monoisotopic (exact) mass is 224 g/mol. The Morgan fingerprint density at radius 3 is 2.75 bits per heavy atom. The van der Waals surface area contributed by atoms with Crippen LogP contribution in [0.2, 0.25) is 0 Å². The predicted octanol–water partition coefficient (Wildman–Crippen LogP) is 2.66. The van der Waals surface area contributed by atoms with Crippen molar-refractivity contribution in [2.24, 2.45) is 5.73 Å². The minimum atomic E-state index is 0.0504. The van der Waals surface area contributed by atoms with Crippen LogP contribution < -0.4 is 5.73 Å². The highest BCUT2D eigenvalue weighted by molar-refractivity contribution is 4.99. The number of hydrogen-bond donors (Lipinski definition) is 1. The molecule has 1 atom stereocenters. The molecule has 16 heavy (non-hydrogen) atoms. The summed E-state index contributed by atoms with van der Waals surface area (Å²) in [5.74, 6) is 0. The number of nitrogens with zero attached hydrogens (tertiary/aromatic N) is 3. The summed E-state index contributed by atoms with van der Waals surface area (Å²) in [6.45, 7) is 5.32. The van der Waals surface area contributed by atoms with E-state index in [1.807, 2.05) is 10.9 Å². The summed E-state index contributed by atoms with van der Waals surface area (Å²) in [5.41, 5.74) is 6.91. The van der Waals surface area contributed by atoms with Gasteiger partial charge in [-0.1, -0.05) is 44.7 Å². The maximum absolute atomic E-state index is 5.98. The Kier molecular flexibility index (Phi) is 6.08. The maximum Gasteiger partial charge on any atom is 0.0994 e. The van der Waals surface area contributed by atoms with E-state index in [-0.39, 0.29) is 6.04 Å². The Morgan fingerprint density at radius 2 is 2.06 bits per heavy atom. The zero-order valence-corrected chi connectivity index (χ0v) is 10.5. The van der Waals surface area contributed by atoms with E-state index in [0.29, 0.717) is 0 Å². The minimum Gasteiger partial charge on any atom is -0.323 e. The lowest BCUT2D eigenvalue weighted by atomic mass is 10.1. The van der Waals surface area contributed by atoms with Crippen molar-refractivity contribution in [3.8, 4) is 0 Å². The maximum atomic E-state index is 5.98. The van der Waals surface area contributed by atoms with Gasteiger partial charge in [-0.15, -0.1) is 5.10 Å². The van der Waals surface area contributed by atoms with Gasteiger partial charge in [0.25, 0.3) is 0 Å². The number of nitrogens with two attached hydrogens (primary N) is 1. The van der Waals surface area contributed by atoms with Crippen molar-refractivity contribution in [1.82, 2.24) is 15.0 Å². The highest BCUT2D eigenvalue weighted by Crippen LogP contribution is 2.12. The molecular formula is C12H24N4. The summed E-state index contributed by atoms with van der Waals surface area (Å²) < 4.78 is 1.92. The van der Waals surface area contributed by atoms with Gasteiger partial charge in [0.2, 0.25) is 0 Å². The van der Waals surface area contributed by atoms with E-state index in [0.717, 1.165) is 25.1 Å². The molecule has 1 heterocycles. The van der Waals surface area contributed by atoms with E-state index in [1.165, 1.54) is 25.7 Å². The van der Waals surface area contributed by atoms with Gasteiger partial charge in [0.15, 0.2) is 0 Å². The summed E-state index contributed by atoms with van der Waals surface area (Å²) in [5, 5.41) is 8.23. The average Bonchev–Trinajstić information content (AvgIpc) is 2.73. The third-order valence-electron chi connectivity index (χ3n) is 2.78. The average molecular weight is 224 g/mol. The molecule has 0 spiro atoms. The summed E-state index contributed by atoms with van der Waals surface area (Å²) >= 11 is 0. The van der Waals surface area contributed by atoms with Gasteiger partial charge in [-0.25, -0.2) is 0 Å². The second kappa shape index (κ2) is 7.39. The number of aromatic nitrogens is 3. The molecule has 1 aromatic heterocycles. The van der Waals surface area contributed by atoms with Gasteiger partial charge in [-0.05, 0) is 12.8 Å². The van der Waals surface area contributed by atoms with Crippen LogP contribution >= 0.6 is 0 Å². The first kappa shape index (κ1) is 13.2. The van der Waals surface area contributed by atoms with Crippen molar-refractivity contribution in [2.45, 2.75) is 65.0 Å². The molecule has 0 aromatic carbocycles. The van der Waals surface area contributed by atoms with E-state index in [1.54, 1.807) is 0 Å². The summed E-state index contributed by atoms with van der Waals surface area (Å²) in [6, 6.07) is 0.0504. The Morgan fingerprint density at radius 1 is 1.25 bits per heavy atom. The van der Waals surface area contributed by atoms with E-state index in [9.17, 15) is 0 Å². The molecule has 4 heteroatoms. The third-order valence-corrected chi connectivity index (χ3v) is 2.78. The van der Waals surface area contributed by atoms with Gasteiger partial charge in [-0.3, -0.25) is 4.68 Å². The van der Waals surface area contributed by atoms with Crippen LogP contribution in [-0.2, 0) is 6.54 Å². The van der Waals surface area contributed by atoms with E-state index in [2.05, 4.69) is 24.2 Å². The smallest absolute Gasteiger partial charge is 0.0994 e. The zero-order chi connectivity index (χ0) is 11.8. The van der Waals surface area contributed by atoms with Gasteiger partial charge in [-0.2, -0.15) is 0 Å². The lowest BCUT2D eigenvalue weighted by molar-refractivity contribution is 0.527. The number of hydrogen-bond acceptors (Lipinski definition) is 3. The van der Waals surface area contributed by atoms with Crippen LogP contribution in [0.1, 0.15) is 64.1 Å². The molecular weight excluding hydrogens is 200 g/mol. The molecule has 92 valence electrons. The second-order valence-corrected chi connectivity index (χ2v) is 4.36. The number of aryl methyl sites for hydroxylation is 1. The first-order valence-corrected chi connectivity index (χ1v) is 6.43. The molecule has 0 aliphatic rings. The van der Waals surface area contributed by atoms with Crippen LogP contribution in [0.25, 0.3) is 0 Å². The topological polar surface area (TPSA) is 56.7 Å². The fourth-order valence-corrected chi connectivity index (χ4v) is 1.75. The van der Waals surface area contributed by atoms with E-state index < -0.39 is 0 Å². The van der Waals surface area contributed by atoms with Crippen LogP contribution in [0.3, 0.4) is 0 Å². The van der Waals surface area contributed by atoms with Gasteiger partial charge in [0, 0.05) is 6.54 Å². The largest absolute Gasteiger partial charge is 0.323 e. The summed E-state index contributed by atoms with van der Waals surface area (Å²) in [7, 11) is 0. The molecule has 0 radical (unpaired) electrons. The van der Waals surface area contributed by atoms with Crippen molar-refractivity contribution in [3.05, 3.63) is 11.9 Å². The van der Waals surface area contributed by atoms with Crippen molar-refractivity contribution in [1.29, 1.82) is 0 Å². The van der Waals surface area contributed by atoms with Crippen molar-refractivity contribution in [3.63, 3.8) is 0 Å².